The van der Waals surface area contributed by atoms with E-state index in [4.69, 9.17) is 11.6 Å². The lowest BCUT2D eigenvalue weighted by atomic mass is 10.1. The summed E-state index contributed by atoms with van der Waals surface area (Å²) in [5.41, 5.74) is 1.65. The lowest BCUT2D eigenvalue weighted by Gasteiger charge is -2.14. The predicted octanol–water partition coefficient (Wildman–Crippen LogP) is 3.75. The molecule has 4 heteroatoms. The van der Waals surface area contributed by atoms with E-state index in [0.29, 0.717) is 18.0 Å². The topological polar surface area (TPSA) is 29.1 Å². The molecule has 0 fully saturated rings. The minimum atomic E-state index is -0.0682. The zero-order chi connectivity index (χ0) is 13.0. The van der Waals surface area contributed by atoms with Crippen LogP contribution in [0.4, 0.5) is 0 Å². The van der Waals surface area contributed by atoms with Crippen LogP contribution in [-0.4, -0.2) is 17.8 Å². The SMILES string of the molecule is Cc1cc(Br)ccc1C(=O)NCC(Cl)C(C)C. The quantitative estimate of drug-likeness (QED) is 0.842. The van der Waals surface area contributed by atoms with Crippen molar-refractivity contribution in [2.45, 2.75) is 26.1 Å². The molecule has 1 amide bonds. The Labute approximate surface area is 116 Å². The van der Waals surface area contributed by atoms with Crippen molar-refractivity contribution in [3.05, 3.63) is 33.8 Å². The normalized spacial score (nSPS) is 12.6. The molecule has 0 aliphatic rings. The van der Waals surface area contributed by atoms with E-state index in [1.54, 1.807) is 0 Å². The van der Waals surface area contributed by atoms with Crippen LogP contribution < -0.4 is 5.32 Å². The maximum Gasteiger partial charge on any atom is 0.251 e. The highest BCUT2D eigenvalue weighted by Crippen LogP contribution is 2.16. The molecule has 1 rings (SSSR count). The minimum Gasteiger partial charge on any atom is -0.351 e. The highest BCUT2D eigenvalue weighted by molar-refractivity contribution is 9.10. The second-order valence-electron chi connectivity index (χ2n) is 4.43. The van der Waals surface area contributed by atoms with Crippen molar-refractivity contribution in [1.29, 1.82) is 0 Å². The Balaban J connectivity index is 2.64. The van der Waals surface area contributed by atoms with Crippen molar-refractivity contribution in [2.75, 3.05) is 6.54 Å². The average molecular weight is 319 g/mol. The predicted molar refractivity (Wildman–Crippen MR) is 75.7 cm³/mol. The van der Waals surface area contributed by atoms with E-state index in [-0.39, 0.29) is 11.3 Å². The second-order valence-corrected chi connectivity index (χ2v) is 5.91. The van der Waals surface area contributed by atoms with Gasteiger partial charge in [-0.3, -0.25) is 4.79 Å². The lowest BCUT2D eigenvalue weighted by molar-refractivity contribution is 0.0952. The number of alkyl halides is 1. The summed E-state index contributed by atoms with van der Waals surface area (Å²) in [6.45, 7) is 6.48. The molecule has 0 aliphatic heterocycles. The zero-order valence-corrected chi connectivity index (χ0v) is 12.6. The first-order valence-corrected chi connectivity index (χ1v) is 6.83. The minimum absolute atomic E-state index is 0.0327. The number of amides is 1. The monoisotopic (exact) mass is 317 g/mol. The van der Waals surface area contributed by atoms with Crippen LogP contribution in [0, 0.1) is 12.8 Å². The summed E-state index contributed by atoms with van der Waals surface area (Å²) in [6.07, 6.45) is 0. The Bertz CT molecular complexity index is 406. The average Bonchev–Trinajstić information content (AvgIpc) is 2.25. The largest absolute Gasteiger partial charge is 0.351 e. The molecule has 0 aromatic heterocycles. The van der Waals surface area contributed by atoms with Crippen LogP contribution in [0.2, 0.25) is 0 Å². The van der Waals surface area contributed by atoms with Gasteiger partial charge >= 0.3 is 0 Å². The van der Waals surface area contributed by atoms with E-state index in [2.05, 4.69) is 21.2 Å². The van der Waals surface area contributed by atoms with Gasteiger partial charge in [0, 0.05) is 16.6 Å². The van der Waals surface area contributed by atoms with Crippen LogP contribution in [-0.2, 0) is 0 Å². The van der Waals surface area contributed by atoms with Crippen LogP contribution in [0.3, 0.4) is 0 Å². The number of hydrogen-bond donors (Lipinski definition) is 1. The number of benzene rings is 1. The second kappa shape index (κ2) is 6.41. The summed E-state index contributed by atoms with van der Waals surface area (Å²) in [6, 6.07) is 5.60. The fourth-order valence-electron chi connectivity index (χ4n) is 1.40. The van der Waals surface area contributed by atoms with Gasteiger partial charge in [0.05, 0.1) is 5.38 Å². The summed E-state index contributed by atoms with van der Waals surface area (Å²) in [4.78, 5) is 11.9. The fraction of sp³-hybridized carbons (Fsp3) is 0.462. The van der Waals surface area contributed by atoms with Crippen molar-refractivity contribution in [1.82, 2.24) is 5.32 Å². The van der Waals surface area contributed by atoms with Gasteiger partial charge in [-0.2, -0.15) is 0 Å². The number of nitrogens with one attached hydrogen (secondary N) is 1. The van der Waals surface area contributed by atoms with E-state index < -0.39 is 0 Å². The smallest absolute Gasteiger partial charge is 0.251 e. The Morgan fingerprint density at radius 2 is 2.12 bits per heavy atom. The summed E-state index contributed by atoms with van der Waals surface area (Å²) >= 11 is 9.46. The van der Waals surface area contributed by atoms with Crippen LogP contribution in [0.5, 0.6) is 0 Å². The molecule has 2 nitrogen and oxygen atoms in total. The molecule has 94 valence electrons. The molecular formula is C13H17BrClNO. The van der Waals surface area contributed by atoms with Crippen molar-refractivity contribution >= 4 is 33.4 Å². The van der Waals surface area contributed by atoms with Gasteiger partial charge in [-0.1, -0.05) is 29.8 Å². The summed E-state index contributed by atoms with van der Waals surface area (Å²) in [5.74, 6) is 0.282. The number of carbonyl (C=O) groups excluding carboxylic acids is 1. The van der Waals surface area contributed by atoms with Gasteiger partial charge in [-0.15, -0.1) is 11.6 Å². The molecule has 1 unspecified atom stereocenters. The molecule has 1 N–H and O–H groups in total. The highest BCUT2D eigenvalue weighted by atomic mass is 79.9. The van der Waals surface area contributed by atoms with Gasteiger partial charge < -0.3 is 5.32 Å². The molecule has 1 aromatic rings. The summed E-state index contributed by atoms with van der Waals surface area (Å²) < 4.78 is 0.976. The van der Waals surface area contributed by atoms with E-state index in [1.165, 1.54) is 0 Å². The maximum atomic E-state index is 11.9. The van der Waals surface area contributed by atoms with Gasteiger partial charge in [0.1, 0.15) is 0 Å². The van der Waals surface area contributed by atoms with Crippen LogP contribution >= 0.6 is 27.5 Å². The zero-order valence-electron chi connectivity index (χ0n) is 10.3. The van der Waals surface area contributed by atoms with Crippen molar-refractivity contribution < 1.29 is 4.79 Å². The van der Waals surface area contributed by atoms with Crippen molar-refractivity contribution in [2.24, 2.45) is 5.92 Å². The fourth-order valence-corrected chi connectivity index (χ4v) is 1.96. The third-order valence-electron chi connectivity index (χ3n) is 2.61. The molecule has 1 aromatic carbocycles. The van der Waals surface area contributed by atoms with E-state index in [0.717, 1.165) is 10.0 Å². The first kappa shape index (κ1) is 14.5. The standard InChI is InChI=1S/C13H17BrClNO/c1-8(2)12(15)7-16-13(17)11-5-4-10(14)6-9(11)3/h4-6,8,12H,7H2,1-3H3,(H,16,17). The Morgan fingerprint density at radius 3 is 2.65 bits per heavy atom. The third-order valence-corrected chi connectivity index (χ3v) is 3.77. The third kappa shape index (κ3) is 4.32. The van der Waals surface area contributed by atoms with Crippen LogP contribution in [0.25, 0.3) is 0 Å². The molecule has 1 atom stereocenters. The molecular weight excluding hydrogens is 302 g/mol. The summed E-state index contributed by atoms with van der Waals surface area (Å²) in [5, 5.41) is 2.82. The molecule has 17 heavy (non-hydrogen) atoms. The summed E-state index contributed by atoms with van der Waals surface area (Å²) in [7, 11) is 0. The number of rotatable bonds is 4. The highest BCUT2D eigenvalue weighted by Gasteiger charge is 2.13. The van der Waals surface area contributed by atoms with Gasteiger partial charge in [0.2, 0.25) is 0 Å². The first-order valence-electron chi connectivity index (χ1n) is 5.60. The number of aryl methyl sites for hydroxylation is 1. The van der Waals surface area contributed by atoms with Gasteiger partial charge in [-0.05, 0) is 36.6 Å². The number of halogens is 2. The maximum absolute atomic E-state index is 11.9. The Morgan fingerprint density at radius 1 is 1.47 bits per heavy atom. The molecule has 0 heterocycles. The number of hydrogen-bond acceptors (Lipinski definition) is 1. The van der Waals surface area contributed by atoms with Crippen LogP contribution in [0.15, 0.2) is 22.7 Å². The van der Waals surface area contributed by atoms with Crippen molar-refractivity contribution in [3.8, 4) is 0 Å². The first-order chi connectivity index (χ1) is 7.91. The molecule has 0 radical (unpaired) electrons. The van der Waals surface area contributed by atoms with Crippen molar-refractivity contribution in [3.63, 3.8) is 0 Å². The molecule has 0 saturated carbocycles. The van der Waals surface area contributed by atoms with E-state index in [1.807, 2.05) is 39.0 Å². The molecule has 0 aliphatic carbocycles. The molecule has 0 bridgehead atoms. The van der Waals surface area contributed by atoms with E-state index in [9.17, 15) is 4.79 Å². The van der Waals surface area contributed by atoms with Gasteiger partial charge in [-0.25, -0.2) is 0 Å². The van der Waals surface area contributed by atoms with Gasteiger partial charge in [0.25, 0.3) is 5.91 Å². The van der Waals surface area contributed by atoms with Crippen LogP contribution in [0.1, 0.15) is 29.8 Å². The number of carbonyl (C=O) groups is 1. The Hall–Kier alpha value is -0.540. The molecule has 0 spiro atoms. The molecule has 0 saturated heterocycles. The Kier molecular flexibility index (Phi) is 5.47. The van der Waals surface area contributed by atoms with Gasteiger partial charge in [0.15, 0.2) is 0 Å². The van der Waals surface area contributed by atoms with E-state index >= 15 is 0 Å². The lowest BCUT2D eigenvalue weighted by Crippen LogP contribution is -2.32.